The molecule has 0 unspecified atom stereocenters. The Morgan fingerprint density at radius 2 is 2.20 bits per heavy atom. The molecule has 0 aliphatic heterocycles. The van der Waals surface area contributed by atoms with Gasteiger partial charge in [-0.2, -0.15) is 5.10 Å². The summed E-state index contributed by atoms with van der Waals surface area (Å²) in [5.74, 6) is -0.274. The van der Waals surface area contributed by atoms with Gasteiger partial charge < -0.3 is 5.73 Å². The monoisotopic (exact) mass is 223 g/mol. The number of hydrazone groups is 1. The summed E-state index contributed by atoms with van der Waals surface area (Å²) in [6, 6.07) is 6.45. The van der Waals surface area contributed by atoms with Gasteiger partial charge in [-0.3, -0.25) is 5.43 Å². The van der Waals surface area contributed by atoms with E-state index >= 15 is 0 Å². The first-order chi connectivity index (χ1) is 7.20. The Labute approximate surface area is 92.5 Å². The van der Waals surface area contributed by atoms with Gasteiger partial charge in [0, 0.05) is 11.8 Å². The van der Waals surface area contributed by atoms with Crippen LogP contribution in [0.2, 0.25) is 0 Å². The molecule has 1 rings (SSSR count). The van der Waals surface area contributed by atoms with Gasteiger partial charge in [0.15, 0.2) is 5.11 Å². The third kappa shape index (κ3) is 4.33. The molecule has 3 N–H and O–H groups in total. The Kier molecular flexibility index (Phi) is 4.43. The minimum absolute atomic E-state index is 0.0885. The molecule has 3 nitrogen and oxygen atoms in total. The minimum Gasteiger partial charge on any atom is -0.375 e. The summed E-state index contributed by atoms with van der Waals surface area (Å²) in [5, 5.41) is 3.75. The fourth-order valence-electron chi connectivity index (χ4n) is 0.901. The second-order valence-electron chi connectivity index (χ2n) is 2.63. The van der Waals surface area contributed by atoms with Gasteiger partial charge in [0.2, 0.25) is 0 Å². The van der Waals surface area contributed by atoms with E-state index in [2.05, 4.69) is 22.7 Å². The molecule has 0 spiro atoms. The molecular formula is C10H10FN3S. The van der Waals surface area contributed by atoms with Crippen LogP contribution in [0.5, 0.6) is 0 Å². The van der Waals surface area contributed by atoms with E-state index in [1.54, 1.807) is 30.4 Å². The molecule has 0 aliphatic rings. The maximum absolute atomic E-state index is 13.1. The van der Waals surface area contributed by atoms with Crippen LogP contribution in [0.25, 0.3) is 6.08 Å². The first-order valence-electron chi connectivity index (χ1n) is 4.20. The van der Waals surface area contributed by atoms with E-state index in [1.807, 2.05) is 0 Å². The molecule has 5 heteroatoms. The first kappa shape index (κ1) is 11.3. The molecule has 15 heavy (non-hydrogen) atoms. The zero-order valence-corrected chi connectivity index (χ0v) is 8.67. The summed E-state index contributed by atoms with van der Waals surface area (Å²) in [4.78, 5) is 0. The van der Waals surface area contributed by atoms with E-state index in [-0.39, 0.29) is 10.9 Å². The summed E-state index contributed by atoms with van der Waals surface area (Å²) in [6.07, 6.45) is 4.62. The molecule has 0 aliphatic carbocycles. The summed E-state index contributed by atoms with van der Waals surface area (Å²) in [7, 11) is 0. The number of nitrogens with zero attached hydrogens (tertiary/aromatic N) is 1. The Hall–Kier alpha value is -1.75. The Morgan fingerprint density at radius 3 is 2.87 bits per heavy atom. The second kappa shape index (κ2) is 5.87. The zero-order chi connectivity index (χ0) is 11.1. The third-order valence-electron chi connectivity index (χ3n) is 1.52. The van der Waals surface area contributed by atoms with Crippen LogP contribution >= 0.6 is 12.2 Å². The Bertz CT molecular complexity index is 401. The predicted molar refractivity (Wildman–Crippen MR) is 63.8 cm³/mol. The second-order valence-corrected chi connectivity index (χ2v) is 3.07. The number of benzene rings is 1. The smallest absolute Gasteiger partial charge is 0.184 e. The molecule has 1 aromatic rings. The van der Waals surface area contributed by atoms with Gasteiger partial charge in [-0.1, -0.05) is 24.3 Å². The Balaban J connectivity index is 2.55. The lowest BCUT2D eigenvalue weighted by Gasteiger charge is -1.93. The molecule has 1 aromatic carbocycles. The van der Waals surface area contributed by atoms with Crippen LogP contribution in [0, 0.1) is 5.82 Å². The van der Waals surface area contributed by atoms with E-state index in [0.717, 1.165) is 0 Å². The van der Waals surface area contributed by atoms with Crippen LogP contribution < -0.4 is 11.2 Å². The van der Waals surface area contributed by atoms with Crippen molar-refractivity contribution in [2.45, 2.75) is 0 Å². The van der Waals surface area contributed by atoms with Gasteiger partial charge in [0.25, 0.3) is 0 Å². The van der Waals surface area contributed by atoms with Crippen molar-refractivity contribution in [3.8, 4) is 0 Å². The number of thiocarbonyl (C=S) groups is 1. The van der Waals surface area contributed by atoms with Crippen molar-refractivity contribution in [1.82, 2.24) is 5.43 Å². The van der Waals surface area contributed by atoms with E-state index in [9.17, 15) is 4.39 Å². The summed E-state index contributed by atoms with van der Waals surface area (Å²) >= 11 is 4.53. The summed E-state index contributed by atoms with van der Waals surface area (Å²) in [5.41, 5.74) is 8.01. The lowest BCUT2D eigenvalue weighted by Crippen LogP contribution is -2.23. The van der Waals surface area contributed by atoms with Crippen LogP contribution in [0.1, 0.15) is 5.56 Å². The fraction of sp³-hybridized carbons (Fsp3) is 0. The van der Waals surface area contributed by atoms with Crippen LogP contribution in [-0.2, 0) is 0 Å². The molecule has 0 heterocycles. The summed E-state index contributed by atoms with van der Waals surface area (Å²) in [6.45, 7) is 0. The Morgan fingerprint density at radius 1 is 1.47 bits per heavy atom. The lowest BCUT2D eigenvalue weighted by molar-refractivity contribution is 0.625. The molecule has 78 valence electrons. The highest BCUT2D eigenvalue weighted by Crippen LogP contribution is 2.07. The van der Waals surface area contributed by atoms with Crippen molar-refractivity contribution in [3.05, 3.63) is 41.7 Å². The molecule has 0 fully saturated rings. The number of allylic oxidation sites excluding steroid dienone is 1. The molecular weight excluding hydrogens is 213 g/mol. The van der Waals surface area contributed by atoms with Crippen LogP contribution in [0.15, 0.2) is 35.4 Å². The average Bonchev–Trinajstić information content (AvgIpc) is 2.20. The number of rotatable bonds is 3. The molecule has 0 aromatic heterocycles. The highest BCUT2D eigenvalue weighted by atomic mass is 32.1. The lowest BCUT2D eigenvalue weighted by atomic mass is 10.2. The van der Waals surface area contributed by atoms with Crippen molar-refractivity contribution in [3.63, 3.8) is 0 Å². The van der Waals surface area contributed by atoms with Gasteiger partial charge in [0.05, 0.1) is 0 Å². The van der Waals surface area contributed by atoms with Crippen molar-refractivity contribution in [2.75, 3.05) is 0 Å². The molecule has 0 amide bonds. The molecule has 0 atom stereocenters. The van der Waals surface area contributed by atoms with Gasteiger partial charge in [-0.15, -0.1) is 0 Å². The van der Waals surface area contributed by atoms with Gasteiger partial charge in [0.1, 0.15) is 5.82 Å². The zero-order valence-electron chi connectivity index (χ0n) is 7.85. The minimum atomic E-state index is -0.274. The van der Waals surface area contributed by atoms with Gasteiger partial charge in [-0.05, 0) is 24.4 Å². The molecule has 0 saturated carbocycles. The predicted octanol–water partition coefficient (Wildman–Crippen LogP) is 1.66. The number of hydrogen-bond acceptors (Lipinski definition) is 2. The van der Waals surface area contributed by atoms with Crippen molar-refractivity contribution >= 4 is 29.6 Å². The average molecular weight is 223 g/mol. The van der Waals surface area contributed by atoms with Gasteiger partial charge in [-0.25, -0.2) is 4.39 Å². The van der Waals surface area contributed by atoms with Crippen molar-refractivity contribution < 1.29 is 4.39 Å². The highest BCUT2D eigenvalue weighted by molar-refractivity contribution is 7.80. The number of nitrogens with one attached hydrogen (secondary N) is 1. The number of nitrogens with two attached hydrogens (primary N) is 1. The third-order valence-corrected chi connectivity index (χ3v) is 1.61. The van der Waals surface area contributed by atoms with E-state index in [4.69, 9.17) is 5.73 Å². The fourth-order valence-corrected chi connectivity index (χ4v) is 0.954. The van der Waals surface area contributed by atoms with Crippen LogP contribution in [0.4, 0.5) is 4.39 Å². The molecule has 0 radical (unpaired) electrons. The van der Waals surface area contributed by atoms with Crippen LogP contribution in [0.3, 0.4) is 0 Å². The number of hydrogen-bond donors (Lipinski definition) is 2. The largest absolute Gasteiger partial charge is 0.375 e. The normalized spacial score (nSPS) is 11.0. The van der Waals surface area contributed by atoms with Crippen LogP contribution in [-0.4, -0.2) is 11.3 Å². The topological polar surface area (TPSA) is 50.4 Å². The quantitative estimate of drug-likeness (QED) is 0.465. The molecule has 0 bridgehead atoms. The summed E-state index contributed by atoms with van der Waals surface area (Å²) < 4.78 is 13.1. The van der Waals surface area contributed by atoms with Crippen molar-refractivity contribution in [1.29, 1.82) is 0 Å². The SMILES string of the molecule is NC(=S)N/N=C/C=C/c1ccccc1F. The van der Waals surface area contributed by atoms with E-state index in [1.165, 1.54) is 12.3 Å². The van der Waals surface area contributed by atoms with Crippen molar-refractivity contribution in [2.24, 2.45) is 10.8 Å². The highest BCUT2D eigenvalue weighted by Gasteiger charge is 1.93. The first-order valence-corrected chi connectivity index (χ1v) is 4.60. The van der Waals surface area contributed by atoms with E-state index < -0.39 is 0 Å². The van der Waals surface area contributed by atoms with Gasteiger partial charge >= 0.3 is 0 Å². The number of halogens is 1. The van der Waals surface area contributed by atoms with E-state index in [0.29, 0.717) is 5.56 Å². The maximum Gasteiger partial charge on any atom is 0.184 e. The standard InChI is InChI=1S/C10H10FN3S/c11-9-6-2-1-4-8(9)5-3-7-13-14-10(12)15/h1-7H,(H3,12,14,15)/b5-3+,13-7+. The molecule has 0 saturated heterocycles. The maximum atomic E-state index is 13.1.